The van der Waals surface area contributed by atoms with Crippen molar-refractivity contribution in [3.8, 4) is 11.1 Å². The number of anilines is 3. The SMILES string of the molecule is c1ccc(N(c2ccccc2)c2ccc3cc(-c4cccc5oc6ccc7ccc8oc9ccccc9c8c7c6c45)ccc3c2)cc1. The maximum absolute atomic E-state index is 6.54. The zero-order chi connectivity index (χ0) is 30.9. The standard InChI is InChI=1S/C44H27NO2/c1-3-10-32(11-4-1)45(33-12-5-2-6-13-33)34-23-20-29-26-31(19-18-30(29)27-34)35-15-9-17-38-42(35)44-40(47-38)25-22-28-21-24-39-43(41(28)44)36-14-7-8-16-37(36)46-39/h1-27H. The zero-order valence-electron chi connectivity index (χ0n) is 25.4. The molecule has 0 saturated heterocycles. The molecule has 0 unspecified atom stereocenters. The predicted octanol–water partition coefficient (Wildman–Crippen LogP) is 12.9. The summed E-state index contributed by atoms with van der Waals surface area (Å²) in [5, 5.41) is 9.21. The van der Waals surface area contributed by atoms with Crippen molar-refractivity contribution < 1.29 is 8.83 Å². The largest absolute Gasteiger partial charge is 0.456 e. The van der Waals surface area contributed by atoms with Gasteiger partial charge in [0.25, 0.3) is 0 Å². The molecule has 47 heavy (non-hydrogen) atoms. The van der Waals surface area contributed by atoms with Crippen LogP contribution in [0.5, 0.6) is 0 Å². The van der Waals surface area contributed by atoms with Crippen LogP contribution in [0.1, 0.15) is 0 Å². The van der Waals surface area contributed by atoms with Crippen molar-refractivity contribution >= 4 is 82.5 Å². The van der Waals surface area contributed by atoms with Gasteiger partial charge in [-0.05, 0) is 94.0 Å². The van der Waals surface area contributed by atoms with E-state index in [0.717, 1.165) is 72.1 Å². The topological polar surface area (TPSA) is 29.5 Å². The van der Waals surface area contributed by atoms with E-state index in [1.807, 2.05) is 12.1 Å². The number of para-hydroxylation sites is 3. The van der Waals surface area contributed by atoms with E-state index in [2.05, 4.69) is 157 Å². The van der Waals surface area contributed by atoms with Crippen molar-refractivity contribution in [3.05, 3.63) is 164 Å². The lowest BCUT2D eigenvalue weighted by Gasteiger charge is -2.25. The normalized spacial score (nSPS) is 11.8. The molecule has 2 aromatic heterocycles. The van der Waals surface area contributed by atoms with Crippen LogP contribution in [0.3, 0.4) is 0 Å². The van der Waals surface area contributed by atoms with Gasteiger partial charge in [-0.2, -0.15) is 0 Å². The first kappa shape index (κ1) is 26.0. The van der Waals surface area contributed by atoms with Gasteiger partial charge >= 0.3 is 0 Å². The minimum atomic E-state index is 0.880. The van der Waals surface area contributed by atoms with Gasteiger partial charge in [-0.3, -0.25) is 0 Å². The first-order chi connectivity index (χ1) is 23.3. The second kappa shape index (κ2) is 10.1. The molecule has 0 atom stereocenters. The van der Waals surface area contributed by atoms with Gasteiger partial charge in [0.15, 0.2) is 0 Å². The Labute approximate surface area is 270 Å². The lowest BCUT2D eigenvalue weighted by molar-refractivity contribution is 0.669. The van der Waals surface area contributed by atoms with E-state index in [1.165, 1.54) is 21.5 Å². The molecule has 0 aliphatic carbocycles. The van der Waals surface area contributed by atoms with Gasteiger partial charge in [-0.25, -0.2) is 0 Å². The summed E-state index contributed by atoms with van der Waals surface area (Å²) in [6.45, 7) is 0. The molecule has 8 aromatic carbocycles. The Bertz CT molecular complexity index is 2750. The molecule has 0 aliphatic heterocycles. The van der Waals surface area contributed by atoms with Crippen LogP contribution in [-0.4, -0.2) is 0 Å². The summed E-state index contributed by atoms with van der Waals surface area (Å²) in [5.41, 5.74) is 9.22. The molecule has 0 spiro atoms. The Hall–Kier alpha value is -6.32. The number of nitrogens with zero attached hydrogens (tertiary/aromatic N) is 1. The highest BCUT2D eigenvalue weighted by atomic mass is 16.3. The second-order valence-electron chi connectivity index (χ2n) is 12.1. The molecular weight excluding hydrogens is 574 g/mol. The third-order valence-electron chi connectivity index (χ3n) is 9.40. The van der Waals surface area contributed by atoms with Gasteiger partial charge in [0.2, 0.25) is 0 Å². The van der Waals surface area contributed by atoms with Crippen LogP contribution in [0.25, 0.3) is 76.5 Å². The van der Waals surface area contributed by atoms with Crippen molar-refractivity contribution in [2.45, 2.75) is 0 Å². The highest BCUT2D eigenvalue weighted by Crippen LogP contribution is 2.45. The van der Waals surface area contributed by atoms with Gasteiger partial charge in [0, 0.05) is 44.0 Å². The van der Waals surface area contributed by atoms with Crippen LogP contribution in [0.2, 0.25) is 0 Å². The summed E-state index contributed by atoms with van der Waals surface area (Å²) in [6.07, 6.45) is 0. The van der Waals surface area contributed by atoms with E-state index in [0.29, 0.717) is 0 Å². The van der Waals surface area contributed by atoms with E-state index in [9.17, 15) is 0 Å². The van der Waals surface area contributed by atoms with E-state index in [4.69, 9.17) is 8.83 Å². The molecule has 0 aliphatic rings. The Morgan fingerprint density at radius 1 is 0.340 bits per heavy atom. The zero-order valence-corrected chi connectivity index (χ0v) is 25.4. The van der Waals surface area contributed by atoms with Gasteiger partial charge in [-0.15, -0.1) is 0 Å². The number of fused-ring (bicyclic) bond motifs is 10. The average molecular weight is 602 g/mol. The van der Waals surface area contributed by atoms with Crippen molar-refractivity contribution in [1.82, 2.24) is 0 Å². The molecule has 0 fully saturated rings. The predicted molar refractivity (Wildman–Crippen MR) is 196 cm³/mol. The average Bonchev–Trinajstić information content (AvgIpc) is 3.71. The van der Waals surface area contributed by atoms with Gasteiger partial charge in [0.05, 0.1) is 0 Å². The minimum Gasteiger partial charge on any atom is -0.456 e. The summed E-state index contributed by atoms with van der Waals surface area (Å²) in [5.74, 6) is 0. The molecule has 10 rings (SSSR count). The van der Waals surface area contributed by atoms with E-state index in [-0.39, 0.29) is 0 Å². The maximum Gasteiger partial charge on any atom is 0.136 e. The second-order valence-corrected chi connectivity index (χ2v) is 12.1. The number of hydrogen-bond acceptors (Lipinski definition) is 3. The highest BCUT2D eigenvalue weighted by Gasteiger charge is 2.20. The van der Waals surface area contributed by atoms with Gasteiger partial charge in [-0.1, -0.05) is 97.1 Å². The summed E-state index contributed by atoms with van der Waals surface area (Å²) in [4.78, 5) is 2.30. The Kier molecular flexibility index (Phi) is 5.57. The molecule has 2 heterocycles. The monoisotopic (exact) mass is 601 g/mol. The van der Waals surface area contributed by atoms with Crippen LogP contribution in [0.15, 0.2) is 173 Å². The molecule has 10 aromatic rings. The quantitative estimate of drug-likeness (QED) is 0.201. The fourth-order valence-electron chi connectivity index (χ4n) is 7.32. The number of rotatable bonds is 4. The van der Waals surface area contributed by atoms with Crippen molar-refractivity contribution in [1.29, 1.82) is 0 Å². The van der Waals surface area contributed by atoms with Crippen LogP contribution in [0, 0.1) is 0 Å². The van der Waals surface area contributed by atoms with Crippen LogP contribution in [-0.2, 0) is 0 Å². The van der Waals surface area contributed by atoms with E-state index in [1.54, 1.807) is 0 Å². The molecular formula is C44H27NO2. The van der Waals surface area contributed by atoms with Crippen molar-refractivity contribution in [3.63, 3.8) is 0 Å². The summed E-state index contributed by atoms with van der Waals surface area (Å²) in [6, 6.07) is 57.7. The van der Waals surface area contributed by atoms with Gasteiger partial charge in [0.1, 0.15) is 22.3 Å². The number of furan rings is 2. The minimum absolute atomic E-state index is 0.880. The van der Waals surface area contributed by atoms with Crippen LogP contribution >= 0.6 is 0 Å². The van der Waals surface area contributed by atoms with Crippen LogP contribution < -0.4 is 4.90 Å². The maximum atomic E-state index is 6.54. The highest BCUT2D eigenvalue weighted by molar-refractivity contribution is 6.32. The van der Waals surface area contributed by atoms with Crippen molar-refractivity contribution in [2.24, 2.45) is 0 Å². The smallest absolute Gasteiger partial charge is 0.136 e. The van der Waals surface area contributed by atoms with Gasteiger partial charge < -0.3 is 13.7 Å². The van der Waals surface area contributed by atoms with E-state index >= 15 is 0 Å². The molecule has 0 bridgehead atoms. The number of benzene rings is 8. The summed E-state index contributed by atoms with van der Waals surface area (Å²) < 4.78 is 12.8. The lowest BCUT2D eigenvalue weighted by Crippen LogP contribution is -2.09. The first-order valence-corrected chi connectivity index (χ1v) is 15.9. The molecule has 0 saturated carbocycles. The third kappa shape index (κ3) is 4.00. The summed E-state index contributed by atoms with van der Waals surface area (Å²) >= 11 is 0. The lowest BCUT2D eigenvalue weighted by atomic mass is 9.93. The Morgan fingerprint density at radius 3 is 1.72 bits per heavy atom. The number of hydrogen-bond donors (Lipinski definition) is 0. The Morgan fingerprint density at radius 2 is 0.936 bits per heavy atom. The molecule has 0 N–H and O–H groups in total. The molecule has 3 nitrogen and oxygen atoms in total. The summed E-state index contributed by atoms with van der Waals surface area (Å²) in [7, 11) is 0. The third-order valence-corrected chi connectivity index (χ3v) is 9.40. The molecule has 0 radical (unpaired) electrons. The molecule has 0 amide bonds. The molecule has 220 valence electrons. The van der Waals surface area contributed by atoms with E-state index < -0.39 is 0 Å². The van der Waals surface area contributed by atoms with Crippen molar-refractivity contribution in [2.75, 3.05) is 4.90 Å². The Balaban J connectivity index is 1.18. The molecule has 3 heteroatoms. The fraction of sp³-hybridized carbons (Fsp3) is 0. The first-order valence-electron chi connectivity index (χ1n) is 15.9. The fourth-order valence-corrected chi connectivity index (χ4v) is 7.32. The van der Waals surface area contributed by atoms with Crippen LogP contribution in [0.4, 0.5) is 17.1 Å².